The van der Waals surface area contributed by atoms with Gasteiger partial charge in [-0.1, -0.05) is 30.3 Å². The molecule has 0 spiro atoms. The largest absolute Gasteiger partial charge is 0.497 e. The van der Waals surface area contributed by atoms with Gasteiger partial charge in [0.15, 0.2) is 0 Å². The molecule has 0 saturated carbocycles. The average molecular weight is 565 g/mol. The number of nitriles is 1. The summed E-state index contributed by atoms with van der Waals surface area (Å²) in [5.74, 6) is -0.0716. The second-order valence-electron chi connectivity index (χ2n) is 9.70. The predicted octanol–water partition coefficient (Wildman–Crippen LogP) is 3.61. The van der Waals surface area contributed by atoms with Gasteiger partial charge < -0.3 is 20.5 Å². The number of benzene rings is 3. The van der Waals surface area contributed by atoms with Crippen LogP contribution in [0.4, 0.5) is 5.69 Å². The predicted molar refractivity (Wildman–Crippen MR) is 161 cm³/mol. The van der Waals surface area contributed by atoms with Crippen LogP contribution in [0, 0.1) is 25.2 Å². The molecule has 5 rings (SSSR count). The molecule has 0 aliphatic carbocycles. The van der Waals surface area contributed by atoms with Crippen molar-refractivity contribution in [1.29, 1.82) is 5.26 Å². The van der Waals surface area contributed by atoms with Crippen LogP contribution in [0.15, 0.2) is 77.1 Å². The number of carbonyl (C=O) groups excluding carboxylic acids is 1. The lowest BCUT2D eigenvalue weighted by Crippen LogP contribution is -2.40. The summed E-state index contributed by atoms with van der Waals surface area (Å²) in [6, 6.07) is 22.4. The number of fused-ring (bicyclic) bond motifs is 1. The van der Waals surface area contributed by atoms with Gasteiger partial charge in [0.05, 0.1) is 41.9 Å². The van der Waals surface area contributed by atoms with E-state index in [2.05, 4.69) is 11.4 Å². The SMILES string of the molecule is COc1cccc(/C=c2\sc3n(c2=O)C(N)=C(C#N)C(c2cccc(OC)c2)C=3C(=O)Nc2cc(C)cc(C)c2)c1. The van der Waals surface area contributed by atoms with E-state index in [1.165, 1.54) is 4.57 Å². The van der Waals surface area contributed by atoms with E-state index in [1.807, 2.05) is 56.3 Å². The fourth-order valence-corrected chi connectivity index (χ4v) is 6.22. The van der Waals surface area contributed by atoms with Crippen molar-refractivity contribution in [3.8, 4) is 17.6 Å². The molecule has 1 aromatic heterocycles. The highest BCUT2D eigenvalue weighted by atomic mass is 32.1. The standard InChI is InChI=1S/C32H28N4O4S/c1-18-11-19(2)13-22(12-18)35-30(37)28-27(21-8-6-10-24(16-21)40-4)25(17-33)29(34)36-31(38)26(41-32(28)36)15-20-7-5-9-23(14-20)39-3/h5-16,27H,34H2,1-4H3,(H,35,37)/b26-15-. The van der Waals surface area contributed by atoms with Gasteiger partial charge in [-0.2, -0.15) is 5.26 Å². The number of nitrogens with zero attached hydrogens (tertiary/aromatic N) is 2. The van der Waals surface area contributed by atoms with Crippen LogP contribution in [-0.2, 0) is 4.79 Å². The Morgan fingerprint density at radius 1 is 1.02 bits per heavy atom. The van der Waals surface area contributed by atoms with E-state index in [0.29, 0.717) is 31.9 Å². The van der Waals surface area contributed by atoms with E-state index in [4.69, 9.17) is 15.2 Å². The van der Waals surface area contributed by atoms with Crippen LogP contribution >= 0.6 is 11.3 Å². The molecule has 8 nitrogen and oxygen atoms in total. The number of carbonyl (C=O) groups is 1. The molecule has 2 heterocycles. The molecule has 1 amide bonds. The number of methoxy groups -OCH3 is 2. The van der Waals surface area contributed by atoms with Crippen LogP contribution in [0.5, 0.6) is 11.5 Å². The van der Waals surface area contributed by atoms with Gasteiger partial charge in [0.2, 0.25) is 0 Å². The number of rotatable bonds is 6. The number of nitrogens with two attached hydrogens (primary N) is 1. The van der Waals surface area contributed by atoms with Crippen LogP contribution in [0.1, 0.15) is 28.2 Å². The lowest BCUT2D eigenvalue weighted by molar-refractivity contribution is -0.111. The normalized spacial score (nSPS) is 14.9. The van der Waals surface area contributed by atoms with Crippen molar-refractivity contribution in [2.24, 2.45) is 5.73 Å². The first-order valence-electron chi connectivity index (χ1n) is 12.8. The Hall–Kier alpha value is -5.07. The summed E-state index contributed by atoms with van der Waals surface area (Å²) in [6.07, 6.45) is 1.72. The minimum Gasteiger partial charge on any atom is -0.497 e. The first kappa shape index (κ1) is 27.5. The van der Waals surface area contributed by atoms with E-state index >= 15 is 0 Å². The van der Waals surface area contributed by atoms with Gasteiger partial charge in [-0.25, -0.2) is 0 Å². The summed E-state index contributed by atoms with van der Waals surface area (Å²) in [5, 5.41) is 13.3. The molecule has 9 heteroatoms. The summed E-state index contributed by atoms with van der Waals surface area (Å²) in [6.45, 7) is 3.90. The molecule has 41 heavy (non-hydrogen) atoms. The number of aryl methyl sites for hydroxylation is 2. The number of aromatic nitrogens is 1. The third kappa shape index (κ3) is 5.25. The third-order valence-corrected chi connectivity index (χ3v) is 7.92. The molecule has 1 unspecified atom stereocenters. The average Bonchev–Trinajstić information content (AvgIpc) is 3.27. The Balaban J connectivity index is 1.81. The first-order chi connectivity index (χ1) is 19.7. The molecule has 206 valence electrons. The van der Waals surface area contributed by atoms with Crippen LogP contribution in [-0.4, -0.2) is 24.7 Å². The molecule has 0 radical (unpaired) electrons. The van der Waals surface area contributed by atoms with Crippen molar-refractivity contribution in [3.63, 3.8) is 0 Å². The Morgan fingerprint density at radius 3 is 2.34 bits per heavy atom. The molecule has 3 aromatic carbocycles. The number of allylic oxidation sites excluding steroid dienone is 1. The molecule has 0 saturated heterocycles. The zero-order valence-corrected chi connectivity index (χ0v) is 23.8. The first-order valence-corrected chi connectivity index (χ1v) is 13.6. The van der Waals surface area contributed by atoms with Gasteiger partial charge in [0.1, 0.15) is 22.0 Å². The highest BCUT2D eigenvalue weighted by Gasteiger charge is 2.36. The maximum Gasteiger partial charge on any atom is 0.274 e. The summed E-state index contributed by atoms with van der Waals surface area (Å²) in [5.41, 5.74) is 10.4. The fourth-order valence-electron chi connectivity index (χ4n) is 5.05. The van der Waals surface area contributed by atoms with Gasteiger partial charge in [-0.3, -0.25) is 14.2 Å². The number of amides is 1. The number of hydrogen-bond donors (Lipinski definition) is 2. The molecule has 1 atom stereocenters. The maximum atomic E-state index is 14.1. The van der Waals surface area contributed by atoms with E-state index in [0.717, 1.165) is 28.0 Å². The van der Waals surface area contributed by atoms with Crippen LogP contribution in [0.3, 0.4) is 0 Å². The molecular formula is C32H28N4O4S. The minimum atomic E-state index is -0.830. The van der Waals surface area contributed by atoms with Crippen LogP contribution in [0.2, 0.25) is 0 Å². The number of nitrogens with one attached hydrogen (secondary N) is 1. The Kier molecular flexibility index (Phi) is 7.51. The van der Waals surface area contributed by atoms with Gasteiger partial charge in [0.25, 0.3) is 11.5 Å². The summed E-state index contributed by atoms with van der Waals surface area (Å²) < 4.78 is 12.7. The van der Waals surface area contributed by atoms with Gasteiger partial charge in [-0.05, 0) is 78.6 Å². The smallest absolute Gasteiger partial charge is 0.274 e. The third-order valence-electron chi connectivity index (χ3n) is 6.81. The Bertz CT molecular complexity index is 1920. The highest BCUT2D eigenvalue weighted by molar-refractivity contribution is 7.07. The highest BCUT2D eigenvalue weighted by Crippen LogP contribution is 2.38. The number of ether oxygens (including phenoxy) is 2. The van der Waals surface area contributed by atoms with Gasteiger partial charge >= 0.3 is 0 Å². The second kappa shape index (κ2) is 11.2. The molecule has 0 fully saturated rings. The molecule has 0 bridgehead atoms. The molecule has 1 aliphatic rings. The molecular weight excluding hydrogens is 536 g/mol. The molecule has 1 aliphatic heterocycles. The van der Waals surface area contributed by atoms with E-state index in [9.17, 15) is 14.9 Å². The van der Waals surface area contributed by atoms with Crippen molar-refractivity contribution in [1.82, 2.24) is 4.57 Å². The maximum absolute atomic E-state index is 14.1. The quantitative estimate of drug-likeness (QED) is 0.369. The van der Waals surface area contributed by atoms with Crippen molar-refractivity contribution in [3.05, 3.63) is 114 Å². The van der Waals surface area contributed by atoms with Crippen LogP contribution in [0.25, 0.3) is 17.5 Å². The summed E-state index contributed by atoms with van der Waals surface area (Å²) >= 11 is 1.15. The lowest BCUT2D eigenvalue weighted by Gasteiger charge is -2.25. The zero-order chi connectivity index (χ0) is 29.3. The number of thiazole rings is 1. The topological polar surface area (TPSA) is 119 Å². The van der Waals surface area contributed by atoms with E-state index < -0.39 is 17.4 Å². The summed E-state index contributed by atoms with van der Waals surface area (Å²) in [7, 11) is 3.12. The van der Waals surface area contributed by atoms with E-state index in [1.54, 1.807) is 44.6 Å². The summed E-state index contributed by atoms with van der Waals surface area (Å²) in [4.78, 5) is 27.9. The second-order valence-corrected chi connectivity index (χ2v) is 10.7. The van der Waals surface area contributed by atoms with Gasteiger partial charge in [-0.15, -0.1) is 11.3 Å². The monoisotopic (exact) mass is 564 g/mol. The molecule has 4 aromatic rings. The van der Waals surface area contributed by atoms with Crippen molar-refractivity contribution < 1.29 is 14.3 Å². The fraction of sp³-hybridized carbons (Fsp3) is 0.156. The van der Waals surface area contributed by atoms with Gasteiger partial charge in [0, 0.05) is 5.69 Å². The Labute approximate surface area is 240 Å². The number of hydrogen-bond acceptors (Lipinski definition) is 7. The number of anilines is 1. The van der Waals surface area contributed by atoms with Crippen molar-refractivity contribution >= 4 is 40.4 Å². The van der Waals surface area contributed by atoms with E-state index in [-0.39, 0.29) is 17.0 Å². The van der Waals surface area contributed by atoms with Crippen molar-refractivity contribution in [2.45, 2.75) is 19.8 Å². The zero-order valence-electron chi connectivity index (χ0n) is 23.0. The lowest BCUT2D eigenvalue weighted by atomic mass is 9.83. The van der Waals surface area contributed by atoms with Crippen LogP contribution < -0.4 is 35.3 Å². The van der Waals surface area contributed by atoms with Crippen molar-refractivity contribution in [2.75, 3.05) is 19.5 Å². The molecule has 3 N–H and O–H groups in total. The Morgan fingerprint density at radius 2 is 1.68 bits per heavy atom. The minimum absolute atomic E-state index is 0.00943.